The summed E-state index contributed by atoms with van der Waals surface area (Å²) in [5.41, 5.74) is 0.540. The van der Waals surface area contributed by atoms with Gasteiger partial charge < -0.3 is 16.0 Å². The van der Waals surface area contributed by atoms with Crippen molar-refractivity contribution in [3.05, 3.63) is 29.3 Å². The molecule has 0 heterocycles. The molecule has 3 N–H and O–H groups in total. The lowest BCUT2D eigenvalue weighted by Crippen LogP contribution is -2.45. The number of para-hydroxylation sites is 1. The zero-order valence-corrected chi connectivity index (χ0v) is 12.6. The van der Waals surface area contributed by atoms with Crippen LogP contribution in [0.4, 0.5) is 10.5 Å². The highest BCUT2D eigenvalue weighted by molar-refractivity contribution is 6.33. The van der Waals surface area contributed by atoms with Gasteiger partial charge in [0.25, 0.3) is 0 Å². The van der Waals surface area contributed by atoms with E-state index in [2.05, 4.69) is 16.0 Å². The number of carbonyl (C=O) groups is 2. The number of nitrogens with one attached hydrogen (secondary N) is 3. The second-order valence-corrected chi connectivity index (χ2v) is 5.60. The second kappa shape index (κ2) is 7.88. The standard InChI is InChI=1S/C15H20ClN3O2/c16-12-8-4-5-9-13(12)19-14(20)10-17-15(21)18-11-6-2-1-3-7-11/h4-5,8-9,11H,1-3,6-7,10H2,(H,19,20)(H2,17,18,21). The fourth-order valence-corrected chi connectivity index (χ4v) is 2.58. The monoisotopic (exact) mass is 309 g/mol. The maximum atomic E-state index is 11.7. The molecule has 1 fully saturated rings. The molecule has 0 spiro atoms. The number of carbonyl (C=O) groups excluding carboxylic acids is 2. The summed E-state index contributed by atoms with van der Waals surface area (Å²) < 4.78 is 0. The number of hydrogen-bond acceptors (Lipinski definition) is 2. The highest BCUT2D eigenvalue weighted by atomic mass is 35.5. The first-order chi connectivity index (χ1) is 10.1. The van der Waals surface area contributed by atoms with E-state index in [1.807, 2.05) is 0 Å². The van der Waals surface area contributed by atoms with E-state index in [9.17, 15) is 9.59 Å². The predicted octanol–water partition coefficient (Wildman–Crippen LogP) is 2.91. The molecule has 1 aromatic rings. The molecule has 114 valence electrons. The summed E-state index contributed by atoms with van der Waals surface area (Å²) in [6.07, 6.45) is 5.56. The van der Waals surface area contributed by atoms with Gasteiger partial charge in [0.1, 0.15) is 0 Å². The van der Waals surface area contributed by atoms with Crippen molar-refractivity contribution < 1.29 is 9.59 Å². The largest absolute Gasteiger partial charge is 0.335 e. The lowest BCUT2D eigenvalue weighted by Gasteiger charge is -2.22. The highest BCUT2D eigenvalue weighted by Gasteiger charge is 2.15. The van der Waals surface area contributed by atoms with E-state index in [1.54, 1.807) is 24.3 Å². The summed E-state index contributed by atoms with van der Waals surface area (Å²) in [7, 11) is 0. The third kappa shape index (κ3) is 5.27. The van der Waals surface area contributed by atoms with Crippen molar-refractivity contribution in [2.45, 2.75) is 38.1 Å². The molecule has 0 aliphatic heterocycles. The summed E-state index contributed by atoms with van der Waals surface area (Å²) in [5, 5.41) is 8.58. The lowest BCUT2D eigenvalue weighted by molar-refractivity contribution is -0.115. The van der Waals surface area contributed by atoms with Crippen molar-refractivity contribution in [2.24, 2.45) is 0 Å². The van der Waals surface area contributed by atoms with Crippen molar-refractivity contribution in [1.29, 1.82) is 0 Å². The van der Waals surface area contributed by atoms with Gasteiger partial charge >= 0.3 is 6.03 Å². The second-order valence-electron chi connectivity index (χ2n) is 5.19. The van der Waals surface area contributed by atoms with Crippen molar-refractivity contribution in [3.63, 3.8) is 0 Å². The van der Waals surface area contributed by atoms with Crippen LogP contribution in [0.2, 0.25) is 5.02 Å². The Labute approximate surface area is 129 Å². The molecule has 1 aliphatic carbocycles. The first-order valence-electron chi connectivity index (χ1n) is 7.24. The summed E-state index contributed by atoms with van der Waals surface area (Å²) in [4.78, 5) is 23.5. The molecule has 21 heavy (non-hydrogen) atoms. The molecule has 5 nitrogen and oxygen atoms in total. The van der Waals surface area contributed by atoms with E-state index < -0.39 is 0 Å². The van der Waals surface area contributed by atoms with Gasteiger partial charge in [-0.2, -0.15) is 0 Å². The van der Waals surface area contributed by atoms with Gasteiger partial charge in [0.2, 0.25) is 5.91 Å². The fraction of sp³-hybridized carbons (Fsp3) is 0.467. The molecule has 1 aromatic carbocycles. The van der Waals surface area contributed by atoms with Crippen LogP contribution in [0.15, 0.2) is 24.3 Å². The van der Waals surface area contributed by atoms with Gasteiger partial charge in [0, 0.05) is 6.04 Å². The molecule has 6 heteroatoms. The summed E-state index contributed by atoms with van der Waals surface area (Å²) in [5.74, 6) is -0.304. The first-order valence-corrected chi connectivity index (χ1v) is 7.61. The van der Waals surface area contributed by atoms with E-state index in [1.165, 1.54) is 6.42 Å². The molecule has 0 bridgehead atoms. The Kier molecular flexibility index (Phi) is 5.87. The molecule has 1 saturated carbocycles. The molecule has 0 unspecified atom stereocenters. The number of anilines is 1. The Morgan fingerprint density at radius 3 is 2.57 bits per heavy atom. The number of halogens is 1. The van der Waals surface area contributed by atoms with Crippen LogP contribution in [0.25, 0.3) is 0 Å². The molecule has 3 amide bonds. The Hall–Kier alpha value is -1.75. The van der Waals surface area contributed by atoms with E-state index in [-0.39, 0.29) is 24.5 Å². The SMILES string of the molecule is O=C(CNC(=O)NC1CCCCC1)Nc1ccccc1Cl. The van der Waals surface area contributed by atoms with E-state index in [0.29, 0.717) is 10.7 Å². The van der Waals surface area contributed by atoms with Crippen molar-refractivity contribution in [3.8, 4) is 0 Å². The van der Waals surface area contributed by atoms with Gasteiger partial charge in [-0.05, 0) is 25.0 Å². The summed E-state index contributed by atoms with van der Waals surface area (Å²) >= 11 is 5.95. The van der Waals surface area contributed by atoms with Crippen LogP contribution < -0.4 is 16.0 Å². The first kappa shape index (κ1) is 15.6. The fourth-order valence-electron chi connectivity index (χ4n) is 2.40. The third-order valence-corrected chi connectivity index (χ3v) is 3.83. The number of hydrogen-bond donors (Lipinski definition) is 3. The Morgan fingerprint density at radius 1 is 1.14 bits per heavy atom. The number of benzene rings is 1. The molecular formula is C15H20ClN3O2. The molecule has 0 aromatic heterocycles. The van der Waals surface area contributed by atoms with Crippen molar-refractivity contribution in [1.82, 2.24) is 10.6 Å². The van der Waals surface area contributed by atoms with Gasteiger partial charge in [-0.1, -0.05) is 43.0 Å². The Balaban J connectivity index is 1.71. The lowest BCUT2D eigenvalue weighted by atomic mass is 9.96. The molecular weight excluding hydrogens is 290 g/mol. The summed E-state index contributed by atoms with van der Waals surface area (Å²) in [6, 6.07) is 6.91. The highest BCUT2D eigenvalue weighted by Crippen LogP contribution is 2.20. The average Bonchev–Trinajstić information content (AvgIpc) is 2.49. The average molecular weight is 310 g/mol. The van der Waals surface area contributed by atoms with Gasteiger partial charge in [-0.25, -0.2) is 4.79 Å². The van der Waals surface area contributed by atoms with Crippen LogP contribution in [-0.2, 0) is 4.79 Å². The van der Waals surface area contributed by atoms with Gasteiger partial charge in [-0.15, -0.1) is 0 Å². The van der Waals surface area contributed by atoms with E-state index in [0.717, 1.165) is 25.7 Å². The van der Waals surface area contributed by atoms with E-state index in [4.69, 9.17) is 11.6 Å². The van der Waals surface area contributed by atoms with Crippen LogP contribution in [0, 0.1) is 0 Å². The maximum absolute atomic E-state index is 11.7. The molecule has 2 rings (SSSR count). The summed E-state index contributed by atoms with van der Waals surface area (Å²) in [6.45, 7) is -0.0796. The van der Waals surface area contributed by atoms with Crippen LogP contribution in [0.5, 0.6) is 0 Å². The number of amides is 3. The van der Waals surface area contributed by atoms with Gasteiger partial charge in [0.15, 0.2) is 0 Å². The minimum absolute atomic E-state index is 0.0796. The van der Waals surface area contributed by atoms with E-state index >= 15 is 0 Å². The smallest absolute Gasteiger partial charge is 0.315 e. The van der Waals surface area contributed by atoms with Crippen LogP contribution >= 0.6 is 11.6 Å². The molecule has 0 saturated heterocycles. The number of urea groups is 1. The van der Waals surface area contributed by atoms with Crippen LogP contribution in [0.3, 0.4) is 0 Å². The molecule has 0 radical (unpaired) electrons. The van der Waals surface area contributed by atoms with Crippen LogP contribution in [0.1, 0.15) is 32.1 Å². The maximum Gasteiger partial charge on any atom is 0.315 e. The van der Waals surface area contributed by atoms with Crippen molar-refractivity contribution in [2.75, 3.05) is 11.9 Å². The molecule has 0 atom stereocenters. The minimum Gasteiger partial charge on any atom is -0.335 e. The zero-order chi connectivity index (χ0) is 15.1. The zero-order valence-electron chi connectivity index (χ0n) is 11.8. The number of rotatable bonds is 4. The quantitative estimate of drug-likeness (QED) is 0.800. The topological polar surface area (TPSA) is 70.2 Å². The Bertz CT molecular complexity index is 501. The Morgan fingerprint density at radius 2 is 1.86 bits per heavy atom. The molecule has 1 aliphatic rings. The minimum atomic E-state index is -0.304. The van der Waals surface area contributed by atoms with Gasteiger partial charge in [0.05, 0.1) is 17.3 Å². The van der Waals surface area contributed by atoms with Crippen molar-refractivity contribution >= 4 is 29.2 Å². The normalized spacial score (nSPS) is 15.3. The predicted molar refractivity (Wildman–Crippen MR) is 83.5 cm³/mol. The third-order valence-electron chi connectivity index (χ3n) is 3.50. The van der Waals surface area contributed by atoms with Gasteiger partial charge in [-0.3, -0.25) is 4.79 Å². The van der Waals surface area contributed by atoms with Crippen LogP contribution in [-0.4, -0.2) is 24.5 Å².